The predicted molar refractivity (Wildman–Crippen MR) is 58.4 cm³/mol. The van der Waals surface area contributed by atoms with Gasteiger partial charge in [-0.2, -0.15) is 11.3 Å². The predicted octanol–water partition coefficient (Wildman–Crippen LogP) is 0.641. The van der Waals surface area contributed by atoms with Crippen molar-refractivity contribution < 1.29 is 9.59 Å². The number of aryl methyl sites for hydroxylation is 1. The van der Waals surface area contributed by atoms with Gasteiger partial charge in [-0.1, -0.05) is 0 Å². The van der Waals surface area contributed by atoms with Crippen LogP contribution in [0, 0.1) is 0 Å². The highest BCUT2D eigenvalue weighted by Gasteiger charge is 2.03. The molecule has 3 N–H and O–H groups in total. The second kappa shape index (κ2) is 6.02. The van der Waals surface area contributed by atoms with Crippen molar-refractivity contribution in [2.24, 2.45) is 0 Å². The molecule has 0 radical (unpaired) electrons. The Balaban J connectivity index is 2.16. The van der Waals surface area contributed by atoms with Gasteiger partial charge in [-0.3, -0.25) is 10.2 Å². The summed E-state index contributed by atoms with van der Waals surface area (Å²) in [4.78, 5) is 21.9. The van der Waals surface area contributed by atoms with E-state index in [0.29, 0.717) is 12.8 Å². The fourth-order valence-corrected chi connectivity index (χ4v) is 1.65. The highest BCUT2D eigenvalue weighted by molar-refractivity contribution is 7.07. The van der Waals surface area contributed by atoms with E-state index in [1.54, 1.807) is 11.3 Å². The monoisotopic (exact) mass is 227 g/mol. The van der Waals surface area contributed by atoms with Crippen LogP contribution in [-0.4, -0.2) is 19.0 Å². The van der Waals surface area contributed by atoms with E-state index in [4.69, 9.17) is 0 Å². The van der Waals surface area contributed by atoms with Gasteiger partial charge in [0.25, 0.3) is 0 Å². The highest BCUT2D eigenvalue weighted by atomic mass is 32.1. The third-order valence-corrected chi connectivity index (χ3v) is 2.50. The second-order valence-electron chi connectivity index (χ2n) is 2.88. The zero-order chi connectivity index (χ0) is 11.1. The first-order valence-corrected chi connectivity index (χ1v) is 5.44. The fraction of sp³-hybridized carbons (Fsp3) is 0.333. The maximum atomic E-state index is 11.2. The number of thiophene rings is 1. The summed E-state index contributed by atoms with van der Waals surface area (Å²) in [5.41, 5.74) is 5.65. The molecule has 6 heteroatoms. The molecule has 15 heavy (non-hydrogen) atoms. The van der Waals surface area contributed by atoms with Crippen LogP contribution in [0.1, 0.15) is 12.0 Å². The number of hydrogen-bond donors (Lipinski definition) is 3. The molecule has 1 aromatic rings. The van der Waals surface area contributed by atoms with Gasteiger partial charge < -0.3 is 5.32 Å². The average molecular weight is 227 g/mol. The molecule has 0 bridgehead atoms. The first kappa shape index (κ1) is 11.5. The summed E-state index contributed by atoms with van der Waals surface area (Å²) in [6.45, 7) is 0. The number of hydrazine groups is 1. The van der Waals surface area contributed by atoms with E-state index < -0.39 is 6.03 Å². The zero-order valence-corrected chi connectivity index (χ0v) is 9.19. The Morgan fingerprint density at radius 2 is 2.20 bits per heavy atom. The maximum Gasteiger partial charge on any atom is 0.333 e. The van der Waals surface area contributed by atoms with Gasteiger partial charge in [0, 0.05) is 13.5 Å². The molecule has 0 aromatic carbocycles. The fourth-order valence-electron chi connectivity index (χ4n) is 0.944. The molecule has 0 unspecified atom stereocenters. The minimum Gasteiger partial charge on any atom is -0.340 e. The van der Waals surface area contributed by atoms with Crippen LogP contribution in [0.2, 0.25) is 0 Å². The number of carbonyl (C=O) groups is 2. The van der Waals surface area contributed by atoms with Crippen LogP contribution in [-0.2, 0) is 11.2 Å². The van der Waals surface area contributed by atoms with E-state index in [2.05, 4.69) is 16.2 Å². The standard InChI is InChI=1S/C9H13N3O2S/c1-10-9(14)12-11-8(13)3-2-7-4-5-15-6-7/h4-6H,2-3H2,1H3,(H,11,13)(H2,10,12,14). The van der Waals surface area contributed by atoms with Crippen molar-refractivity contribution in [1.82, 2.24) is 16.2 Å². The third kappa shape index (κ3) is 4.46. The Labute approximate surface area is 91.8 Å². The highest BCUT2D eigenvalue weighted by Crippen LogP contribution is 2.07. The number of amides is 3. The molecule has 0 fully saturated rings. The van der Waals surface area contributed by atoms with Gasteiger partial charge in [-0.05, 0) is 28.8 Å². The van der Waals surface area contributed by atoms with E-state index in [-0.39, 0.29) is 5.91 Å². The largest absolute Gasteiger partial charge is 0.340 e. The van der Waals surface area contributed by atoms with Crippen LogP contribution in [0.5, 0.6) is 0 Å². The van der Waals surface area contributed by atoms with E-state index in [0.717, 1.165) is 5.56 Å². The smallest absolute Gasteiger partial charge is 0.333 e. The minimum atomic E-state index is -0.432. The Bertz CT molecular complexity index is 324. The van der Waals surface area contributed by atoms with Gasteiger partial charge >= 0.3 is 6.03 Å². The molecule has 82 valence electrons. The number of nitrogens with one attached hydrogen (secondary N) is 3. The number of carbonyl (C=O) groups excluding carboxylic acids is 2. The van der Waals surface area contributed by atoms with Crippen molar-refractivity contribution >= 4 is 23.3 Å². The van der Waals surface area contributed by atoms with Crippen molar-refractivity contribution in [2.45, 2.75) is 12.8 Å². The topological polar surface area (TPSA) is 70.2 Å². The Kier molecular flexibility index (Phi) is 4.62. The molecule has 0 saturated carbocycles. The Hall–Kier alpha value is -1.56. The van der Waals surface area contributed by atoms with Crippen molar-refractivity contribution in [3.05, 3.63) is 22.4 Å². The summed E-state index contributed by atoms with van der Waals surface area (Å²) in [6.07, 6.45) is 1.05. The third-order valence-electron chi connectivity index (χ3n) is 1.76. The number of rotatable bonds is 3. The van der Waals surface area contributed by atoms with Gasteiger partial charge in [-0.15, -0.1) is 0 Å². The second-order valence-corrected chi connectivity index (χ2v) is 3.66. The van der Waals surface area contributed by atoms with E-state index >= 15 is 0 Å². The molecule has 3 amide bonds. The lowest BCUT2D eigenvalue weighted by Crippen LogP contribution is -2.45. The normalized spacial score (nSPS) is 9.40. The van der Waals surface area contributed by atoms with Gasteiger partial charge in [0.15, 0.2) is 0 Å². The maximum absolute atomic E-state index is 11.2. The van der Waals surface area contributed by atoms with Gasteiger partial charge in [-0.25, -0.2) is 10.2 Å². The molecule has 1 aromatic heterocycles. The van der Waals surface area contributed by atoms with Crippen molar-refractivity contribution in [1.29, 1.82) is 0 Å². The molecule has 0 saturated heterocycles. The van der Waals surface area contributed by atoms with E-state index in [1.165, 1.54) is 7.05 Å². The van der Waals surface area contributed by atoms with E-state index in [1.807, 2.05) is 16.8 Å². The van der Waals surface area contributed by atoms with Gasteiger partial charge in [0.2, 0.25) is 5.91 Å². The van der Waals surface area contributed by atoms with Crippen molar-refractivity contribution in [3.63, 3.8) is 0 Å². The van der Waals surface area contributed by atoms with Crippen LogP contribution in [0.4, 0.5) is 4.79 Å². The molecule has 1 rings (SSSR count). The quantitative estimate of drug-likeness (QED) is 0.663. The molecule has 0 atom stereocenters. The molecular formula is C9H13N3O2S. The van der Waals surface area contributed by atoms with Crippen LogP contribution in [0.15, 0.2) is 16.8 Å². The first-order chi connectivity index (χ1) is 7.22. The molecule has 0 aliphatic carbocycles. The average Bonchev–Trinajstić information content (AvgIpc) is 2.75. The molecule has 5 nitrogen and oxygen atoms in total. The SMILES string of the molecule is CNC(=O)NNC(=O)CCc1ccsc1. The van der Waals surface area contributed by atoms with Crippen LogP contribution < -0.4 is 16.2 Å². The van der Waals surface area contributed by atoms with Crippen molar-refractivity contribution in [2.75, 3.05) is 7.05 Å². The van der Waals surface area contributed by atoms with Gasteiger partial charge in [0.1, 0.15) is 0 Å². The lowest BCUT2D eigenvalue weighted by Gasteiger charge is -2.05. The lowest BCUT2D eigenvalue weighted by atomic mass is 10.2. The lowest BCUT2D eigenvalue weighted by molar-refractivity contribution is -0.121. The summed E-state index contributed by atoms with van der Waals surface area (Å²) < 4.78 is 0. The van der Waals surface area contributed by atoms with Crippen molar-refractivity contribution in [3.8, 4) is 0 Å². The summed E-state index contributed by atoms with van der Waals surface area (Å²) in [5.74, 6) is -0.204. The molecular weight excluding hydrogens is 214 g/mol. The summed E-state index contributed by atoms with van der Waals surface area (Å²) in [5, 5.41) is 6.29. The molecule has 0 spiro atoms. The number of urea groups is 1. The van der Waals surface area contributed by atoms with Crippen LogP contribution in [0.25, 0.3) is 0 Å². The minimum absolute atomic E-state index is 0.204. The summed E-state index contributed by atoms with van der Waals surface area (Å²) >= 11 is 1.60. The van der Waals surface area contributed by atoms with Crippen LogP contribution in [0.3, 0.4) is 0 Å². The first-order valence-electron chi connectivity index (χ1n) is 4.50. The zero-order valence-electron chi connectivity index (χ0n) is 8.37. The van der Waals surface area contributed by atoms with Gasteiger partial charge in [0.05, 0.1) is 0 Å². The number of hydrogen-bond acceptors (Lipinski definition) is 3. The molecule has 0 aliphatic heterocycles. The summed E-state index contributed by atoms with van der Waals surface area (Å²) in [6, 6.07) is 1.54. The molecule has 1 heterocycles. The summed E-state index contributed by atoms with van der Waals surface area (Å²) in [7, 11) is 1.48. The van der Waals surface area contributed by atoms with Crippen LogP contribution >= 0.6 is 11.3 Å². The Morgan fingerprint density at radius 3 is 2.80 bits per heavy atom. The van der Waals surface area contributed by atoms with E-state index in [9.17, 15) is 9.59 Å². The Morgan fingerprint density at radius 1 is 1.40 bits per heavy atom. The molecule has 0 aliphatic rings.